The molecule has 4 nitrogen and oxygen atoms in total. The van der Waals surface area contributed by atoms with E-state index in [9.17, 15) is 4.79 Å². The lowest BCUT2D eigenvalue weighted by Crippen LogP contribution is -2.18. The van der Waals surface area contributed by atoms with Crippen molar-refractivity contribution in [2.24, 2.45) is 0 Å². The predicted octanol–water partition coefficient (Wildman–Crippen LogP) is 6.58. The van der Waals surface area contributed by atoms with E-state index >= 15 is 0 Å². The predicted molar refractivity (Wildman–Crippen MR) is 113 cm³/mol. The maximum Gasteiger partial charge on any atom is 0.272 e. The number of aromatic nitrogens is 1. The van der Waals surface area contributed by atoms with Crippen molar-refractivity contribution in [3.63, 3.8) is 0 Å². The van der Waals surface area contributed by atoms with E-state index in [1.165, 1.54) is 6.07 Å². The molecule has 0 aliphatic carbocycles. The van der Waals surface area contributed by atoms with Gasteiger partial charge in [-0.05, 0) is 56.7 Å². The molecule has 0 aliphatic rings. The fourth-order valence-corrected chi connectivity index (χ4v) is 3.77. The first-order valence-electron chi connectivity index (χ1n) is 8.58. The highest BCUT2D eigenvalue weighted by atomic mass is 35.5. The molecule has 0 spiro atoms. The van der Waals surface area contributed by atoms with Crippen molar-refractivity contribution in [1.82, 2.24) is 4.57 Å². The largest absolute Gasteiger partial charge is 0.494 e. The number of hydrogen-bond donors (Lipinski definition) is 1. The van der Waals surface area contributed by atoms with Crippen LogP contribution in [0.5, 0.6) is 5.75 Å². The lowest BCUT2D eigenvalue weighted by Gasteiger charge is -2.12. The molecule has 142 valence electrons. The number of benzene rings is 2. The van der Waals surface area contributed by atoms with Gasteiger partial charge < -0.3 is 14.6 Å². The second-order valence-corrected chi connectivity index (χ2v) is 7.25. The van der Waals surface area contributed by atoms with Crippen molar-refractivity contribution >= 4 is 57.3 Å². The molecule has 1 N–H and O–H groups in total. The number of rotatable bonds is 5. The summed E-state index contributed by atoms with van der Waals surface area (Å²) in [7, 11) is 0. The number of hydrogen-bond acceptors (Lipinski definition) is 2. The van der Waals surface area contributed by atoms with Gasteiger partial charge in [0.25, 0.3) is 5.91 Å². The Hall–Kier alpha value is -1.88. The SMILES string of the molecule is CCOc1ccc2c(c1)c(C)c(C(=O)Nc1cc(Cl)c(Cl)cc1Cl)n2CC. The minimum atomic E-state index is -0.260. The van der Waals surface area contributed by atoms with Crippen LogP contribution >= 0.6 is 34.8 Å². The second kappa shape index (κ2) is 8.01. The third-order valence-corrected chi connectivity index (χ3v) is 5.42. The normalized spacial score (nSPS) is 11.0. The standard InChI is InChI=1S/C20H19Cl3N2O2/c1-4-25-18-7-6-12(27-5-2)8-13(18)11(3)19(25)20(26)24-17-10-15(22)14(21)9-16(17)23/h6-10H,4-5H2,1-3H3,(H,24,26). The fraction of sp³-hybridized carbons (Fsp3) is 0.250. The Labute approximate surface area is 173 Å². The number of aryl methyl sites for hydroxylation is 2. The summed E-state index contributed by atoms with van der Waals surface area (Å²) in [6.45, 7) is 7.10. The fourth-order valence-electron chi connectivity index (χ4n) is 3.18. The molecule has 0 bridgehead atoms. The van der Waals surface area contributed by atoms with Gasteiger partial charge in [-0.1, -0.05) is 34.8 Å². The maximum absolute atomic E-state index is 13.0. The van der Waals surface area contributed by atoms with Gasteiger partial charge in [0.05, 0.1) is 27.4 Å². The molecule has 3 aromatic rings. The monoisotopic (exact) mass is 424 g/mol. The number of fused-ring (bicyclic) bond motifs is 1. The van der Waals surface area contributed by atoms with Crippen molar-refractivity contribution in [3.8, 4) is 5.75 Å². The van der Waals surface area contributed by atoms with E-state index in [0.717, 1.165) is 22.2 Å². The number of carbonyl (C=O) groups excluding carboxylic acids is 1. The van der Waals surface area contributed by atoms with Crippen LogP contribution < -0.4 is 10.1 Å². The third kappa shape index (κ3) is 3.75. The molecule has 0 saturated carbocycles. The first-order valence-corrected chi connectivity index (χ1v) is 9.72. The summed E-state index contributed by atoms with van der Waals surface area (Å²) in [6, 6.07) is 8.90. The molecule has 1 heterocycles. The zero-order valence-corrected chi connectivity index (χ0v) is 17.5. The van der Waals surface area contributed by atoms with E-state index in [4.69, 9.17) is 39.5 Å². The van der Waals surface area contributed by atoms with E-state index < -0.39 is 0 Å². The van der Waals surface area contributed by atoms with E-state index in [2.05, 4.69) is 5.32 Å². The van der Waals surface area contributed by atoms with E-state index in [1.54, 1.807) is 6.07 Å². The number of ether oxygens (including phenoxy) is 1. The second-order valence-electron chi connectivity index (χ2n) is 6.03. The molecule has 0 fully saturated rings. The van der Waals surface area contributed by atoms with Crippen molar-refractivity contribution in [3.05, 3.63) is 56.7 Å². The van der Waals surface area contributed by atoms with Crippen LogP contribution in [0.25, 0.3) is 10.9 Å². The molecule has 0 saturated heterocycles. The van der Waals surface area contributed by atoms with Crippen molar-refractivity contribution < 1.29 is 9.53 Å². The Kier molecular flexibility index (Phi) is 5.89. The van der Waals surface area contributed by atoms with E-state index in [0.29, 0.717) is 39.6 Å². The molecule has 1 aromatic heterocycles. The minimum absolute atomic E-state index is 0.260. The molecular formula is C20H19Cl3N2O2. The van der Waals surface area contributed by atoms with E-state index in [1.807, 2.05) is 43.5 Å². The zero-order valence-electron chi connectivity index (χ0n) is 15.2. The molecule has 0 atom stereocenters. The molecule has 0 radical (unpaired) electrons. The van der Waals surface area contributed by atoms with Crippen LogP contribution in [0, 0.1) is 6.92 Å². The molecule has 2 aromatic carbocycles. The van der Waals surface area contributed by atoms with Gasteiger partial charge >= 0.3 is 0 Å². The minimum Gasteiger partial charge on any atom is -0.494 e. The number of carbonyl (C=O) groups is 1. The van der Waals surface area contributed by atoms with Crippen molar-refractivity contribution in [2.45, 2.75) is 27.3 Å². The van der Waals surface area contributed by atoms with Crippen LogP contribution in [0.15, 0.2) is 30.3 Å². The summed E-state index contributed by atoms with van der Waals surface area (Å²) in [5.74, 6) is 0.518. The smallest absolute Gasteiger partial charge is 0.272 e. The molecule has 1 amide bonds. The van der Waals surface area contributed by atoms with Crippen molar-refractivity contribution in [2.75, 3.05) is 11.9 Å². The maximum atomic E-state index is 13.0. The Bertz CT molecular complexity index is 1030. The van der Waals surface area contributed by atoms with Gasteiger partial charge in [0.15, 0.2) is 0 Å². The molecule has 3 rings (SSSR count). The summed E-state index contributed by atoms with van der Waals surface area (Å²) in [6.07, 6.45) is 0. The van der Waals surface area contributed by atoms with E-state index in [-0.39, 0.29) is 5.91 Å². The van der Waals surface area contributed by atoms with Gasteiger partial charge in [-0.2, -0.15) is 0 Å². The van der Waals surface area contributed by atoms with Gasteiger partial charge in [0.2, 0.25) is 0 Å². The summed E-state index contributed by atoms with van der Waals surface area (Å²) in [4.78, 5) is 13.0. The van der Waals surface area contributed by atoms with Gasteiger partial charge in [-0.25, -0.2) is 0 Å². The Morgan fingerprint density at radius 3 is 2.44 bits per heavy atom. The lowest BCUT2D eigenvalue weighted by molar-refractivity contribution is 0.101. The number of anilines is 1. The van der Waals surface area contributed by atoms with Crippen LogP contribution in [-0.4, -0.2) is 17.1 Å². The van der Waals surface area contributed by atoms with Crippen molar-refractivity contribution in [1.29, 1.82) is 0 Å². The number of amides is 1. The zero-order chi connectivity index (χ0) is 19.7. The van der Waals surface area contributed by atoms with Crippen LogP contribution in [0.2, 0.25) is 15.1 Å². The lowest BCUT2D eigenvalue weighted by atomic mass is 10.1. The summed E-state index contributed by atoms with van der Waals surface area (Å²) >= 11 is 18.2. The summed E-state index contributed by atoms with van der Waals surface area (Å²) in [5.41, 5.74) is 2.84. The van der Waals surface area contributed by atoms with Crippen LogP contribution in [0.1, 0.15) is 29.9 Å². The van der Waals surface area contributed by atoms with Crippen LogP contribution in [0.3, 0.4) is 0 Å². The Morgan fingerprint density at radius 2 is 1.78 bits per heavy atom. The highest BCUT2D eigenvalue weighted by Gasteiger charge is 2.21. The molecule has 0 aliphatic heterocycles. The molecule has 0 unspecified atom stereocenters. The average molecular weight is 426 g/mol. The molecular weight excluding hydrogens is 407 g/mol. The number of nitrogens with zero attached hydrogens (tertiary/aromatic N) is 1. The molecule has 7 heteroatoms. The van der Waals surface area contributed by atoms with Gasteiger partial charge in [-0.3, -0.25) is 4.79 Å². The Morgan fingerprint density at radius 1 is 1.07 bits per heavy atom. The van der Waals surface area contributed by atoms with Gasteiger partial charge in [-0.15, -0.1) is 0 Å². The highest BCUT2D eigenvalue weighted by Crippen LogP contribution is 2.34. The van der Waals surface area contributed by atoms with Crippen LogP contribution in [0.4, 0.5) is 5.69 Å². The first-order chi connectivity index (χ1) is 12.9. The summed E-state index contributed by atoms with van der Waals surface area (Å²) < 4.78 is 7.57. The average Bonchev–Trinajstić information content (AvgIpc) is 2.91. The van der Waals surface area contributed by atoms with Gasteiger partial charge in [0, 0.05) is 17.4 Å². The quantitative estimate of drug-likeness (QED) is 0.469. The number of nitrogens with one attached hydrogen (secondary N) is 1. The summed E-state index contributed by atoms with van der Waals surface area (Å²) in [5, 5.41) is 4.81. The number of halogens is 3. The van der Waals surface area contributed by atoms with Crippen LogP contribution in [-0.2, 0) is 6.54 Å². The van der Waals surface area contributed by atoms with Gasteiger partial charge in [0.1, 0.15) is 11.4 Å². The Balaban J connectivity index is 2.06. The third-order valence-electron chi connectivity index (χ3n) is 4.39. The topological polar surface area (TPSA) is 43.3 Å². The highest BCUT2D eigenvalue weighted by molar-refractivity contribution is 6.44. The first kappa shape index (κ1) is 19.9. The molecule has 27 heavy (non-hydrogen) atoms.